The van der Waals surface area contributed by atoms with Gasteiger partial charge in [0.2, 0.25) is 0 Å². The van der Waals surface area contributed by atoms with E-state index in [0.717, 1.165) is 0 Å². The molecule has 6 heteroatoms. The van der Waals surface area contributed by atoms with Crippen LogP contribution in [0, 0.1) is 0 Å². The van der Waals surface area contributed by atoms with E-state index in [4.69, 9.17) is 16.7 Å². The normalized spacial score (nSPS) is 23.1. The molecule has 1 atom stereocenters. The lowest BCUT2D eigenvalue weighted by Crippen LogP contribution is -2.54. The summed E-state index contributed by atoms with van der Waals surface area (Å²) in [6.45, 7) is 2.82. The molecule has 1 unspecified atom stereocenters. The number of hydrogen-bond acceptors (Lipinski definition) is 2. The third-order valence-corrected chi connectivity index (χ3v) is 2.36. The summed E-state index contributed by atoms with van der Waals surface area (Å²) in [4.78, 5) is 24.1. The summed E-state index contributed by atoms with van der Waals surface area (Å²) < 4.78 is 0. The Morgan fingerprint density at radius 3 is 2.46 bits per heavy atom. The molecule has 0 aromatic carbocycles. The Morgan fingerprint density at radius 2 is 2.08 bits per heavy atom. The lowest BCUT2D eigenvalue weighted by atomic mass is 10.2. The van der Waals surface area contributed by atoms with Gasteiger partial charge in [0.25, 0.3) is 0 Å². The molecule has 13 heavy (non-hydrogen) atoms. The molecule has 0 aromatic heterocycles. The maximum atomic E-state index is 10.7. The van der Waals surface area contributed by atoms with Gasteiger partial charge in [0, 0.05) is 25.7 Å². The van der Waals surface area contributed by atoms with Crippen molar-refractivity contribution >= 4 is 23.1 Å². The minimum absolute atomic E-state index is 0.186. The second kappa shape index (κ2) is 3.83. The van der Waals surface area contributed by atoms with E-state index in [-0.39, 0.29) is 6.04 Å². The molecule has 1 N–H and O–H groups in total. The van der Waals surface area contributed by atoms with Crippen LogP contribution in [0.25, 0.3) is 0 Å². The summed E-state index contributed by atoms with van der Waals surface area (Å²) in [5.41, 5.74) is 0. The number of carbonyl (C=O) groups is 2. The molecule has 1 rings (SSSR count). The highest BCUT2D eigenvalue weighted by Gasteiger charge is 2.28. The number of nitrogens with zero attached hydrogens (tertiary/aromatic N) is 2. The molecule has 2 amide bonds. The van der Waals surface area contributed by atoms with Crippen LogP contribution < -0.4 is 0 Å². The maximum absolute atomic E-state index is 10.7. The SMILES string of the molecule is CC1CN(C(=O)Cl)CCN1C(=O)O. The highest BCUT2D eigenvalue weighted by molar-refractivity contribution is 6.62. The summed E-state index contributed by atoms with van der Waals surface area (Å²) in [6, 6.07) is -0.186. The number of rotatable bonds is 0. The predicted octanol–water partition coefficient (Wildman–Crippen LogP) is 1.03. The minimum Gasteiger partial charge on any atom is -0.465 e. The molecular formula is C7H11ClN2O3. The first kappa shape index (κ1) is 10.1. The molecule has 1 fully saturated rings. The zero-order chi connectivity index (χ0) is 10.0. The lowest BCUT2D eigenvalue weighted by molar-refractivity contribution is 0.0889. The van der Waals surface area contributed by atoms with Crippen LogP contribution in [-0.4, -0.2) is 52.0 Å². The second-order valence-corrected chi connectivity index (χ2v) is 3.35. The van der Waals surface area contributed by atoms with E-state index in [1.54, 1.807) is 6.92 Å². The van der Waals surface area contributed by atoms with Gasteiger partial charge in [-0.25, -0.2) is 4.79 Å². The Kier molecular flexibility index (Phi) is 2.98. The van der Waals surface area contributed by atoms with E-state index >= 15 is 0 Å². The van der Waals surface area contributed by atoms with Gasteiger partial charge in [-0.3, -0.25) is 4.79 Å². The van der Waals surface area contributed by atoms with Crippen LogP contribution >= 0.6 is 11.6 Å². The Bertz CT molecular complexity index is 234. The third-order valence-electron chi connectivity index (χ3n) is 2.12. The average Bonchev–Trinajstić information content (AvgIpc) is 2.03. The zero-order valence-corrected chi connectivity index (χ0v) is 7.99. The molecule has 1 aliphatic heterocycles. The molecule has 0 aromatic rings. The highest BCUT2D eigenvalue weighted by atomic mass is 35.5. The zero-order valence-electron chi connectivity index (χ0n) is 7.23. The summed E-state index contributed by atoms with van der Waals surface area (Å²) in [5.74, 6) is 0. The van der Waals surface area contributed by atoms with Crippen LogP contribution in [0.2, 0.25) is 0 Å². The average molecular weight is 207 g/mol. The predicted molar refractivity (Wildman–Crippen MR) is 47.0 cm³/mol. The Morgan fingerprint density at radius 1 is 1.46 bits per heavy atom. The molecule has 74 valence electrons. The summed E-state index contributed by atoms with van der Waals surface area (Å²) in [7, 11) is 0. The van der Waals surface area contributed by atoms with Crippen LogP contribution in [0.3, 0.4) is 0 Å². The fourth-order valence-corrected chi connectivity index (χ4v) is 1.55. The van der Waals surface area contributed by atoms with Gasteiger partial charge in [-0.1, -0.05) is 0 Å². The van der Waals surface area contributed by atoms with E-state index in [1.807, 2.05) is 0 Å². The van der Waals surface area contributed by atoms with Gasteiger partial charge in [0.15, 0.2) is 0 Å². The van der Waals surface area contributed by atoms with Crippen molar-refractivity contribution in [2.45, 2.75) is 13.0 Å². The molecule has 0 bridgehead atoms. The lowest BCUT2D eigenvalue weighted by Gasteiger charge is -2.37. The van der Waals surface area contributed by atoms with E-state index in [0.29, 0.717) is 19.6 Å². The van der Waals surface area contributed by atoms with E-state index in [1.165, 1.54) is 9.80 Å². The summed E-state index contributed by atoms with van der Waals surface area (Å²) in [6.07, 6.45) is -0.950. The molecule has 0 aliphatic carbocycles. The smallest absolute Gasteiger partial charge is 0.407 e. The minimum atomic E-state index is -0.950. The van der Waals surface area contributed by atoms with Crippen molar-refractivity contribution in [3.8, 4) is 0 Å². The number of carbonyl (C=O) groups excluding carboxylic acids is 1. The molecule has 0 radical (unpaired) electrons. The van der Waals surface area contributed by atoms with Gasteiger partial charge < -0.3 is 14.9 Å². The van der Waals surface area contributed by atoms with Crippen LogP contribution in [0.5, 0.6) is 0 Å². The van der Waals surface area contributed by atoms with Crippen molar-refractivity contribution in [1.29, 1.82) is 0 Å². The van der Waals surface area contributed by atoms with Crippen molar-refractivity contribution in [2.24, 2.45) is 0 Å². The van der Waals surface area contributed by atoms with Crippen molar-refractivity contribution in [1.82, 2.24) is 9.80 Å². The summed E-state index contributed by atoms with van der Waals surface area (Å²) in [5, 5.41) is 8.21. The van der Waals surface area contributed by atoms with Crippen LogP contribution in [0.4, 0.5) is 9.59 Å². The van der Waals surface area contributed by atoms with E-state index < -0.39 is 11.5 Å². The van der Waals surface area contributed by atoms with Gasteiger partial charge in [-0.15, -0.1) is 0 Å². The van der Waals surface area contributed by atoms with Gasteiger partial charge in [0.1, 0.15) is 0 Å². The van der Waals surface area contributed by atoms with Crippen LogP contribution in [0.1, 0.15) is 6.92 Å². The first-order valence-electron chi connectivity index (χ1n) is 3.96. The van der Waals surface area contributed by atoms with Crippen molar-refractivity contribution in [2.75, 3.05) is 19.6 Å². The first-order valence-corrected chi connectivity index (χ1v) is 4.34. The van der Waals surface area contributed by atoms with Crippen LogP contribution in [0.15, 0.2) is 0 Å². The second-order valence-electron chi connectivity index (χ2n) is 3.02. The molecule has 0 spiro atoms. The van der Waals surface area contributed by atoms with Crippen LogP contribution in [-0.2, 0) is 0 Å². The Balaban J connectivity index is 2.56. The molecule has 1 aliphatic rings. The standard InChI is InChI=1S/C7H11ClN2O3/c1-5-4-9(6(8)11)2-3-10(5)7(12)13/h5H,2-4H2,1H3,(H,12,13). The van der Waals surface area contributed by atoms with Gasteiger partial charge in [0.05, 0.1) is 0 Å². The number of amides is 2. The maximum Gasteiger partial charge on any atom is 0.407 e. The Labute approximate surface area is 80.9 Å². The van der Waals surface area contributed by atoms with Crippen molar-refractivity contribution in [3.05, 3.63) is 0 Å². The highest BCUT2D eigenvalue weighted by Crippen LogP contribution is 2.11. The van der Waals surface area contributed by atoms with Gasteiger partial charge >= 0.3 is 11.5 Å². The van der Waals surface area contributed by atoms with Gasteiger partial charge in [-0.05, 0) is 18.5 Å². The topological polar surface area (TPSA) is 60.9 Å². The molecule has 5 nitrogen and oxygen atoms in total. The first-order chi connectivity index (χ1) is 6.02. The molecular weight excluding hydrogens is 196 g/mol. The fraction of sp³-hybridized carbons (Fsp3) is 0.714. The number of hydrogen-bond donors (Lipinski definition) is 1. The van der Waals surface area contributed by atoms with E-state index in [9.17, 15) is 9.59 Å². The number of carboxylic acid groups (broad SMARTS) is 1. The summed E-state index contributed by atoms with van der Waals surface area (Å²) >= 11 is 5.27. The quantitative estimate of drug-likeness (QED) is 0.476. The monoisotopic (exact) mass is 206 g/mol. The fourth-order valence-electron chi connectivity index (χ4n) is 1.40. The Hall–Kier alpha value is -0.970. The molecule has 1 saturated heterocycles. The molecule has 1 heterocycles. The molecule has 0 saturated carbocycles. The van der Waals surface area contributed by atoms with Crippen molar-refractivity contribution in [3.63, 3.8) is 0 Å². The van der Waals surface area contributed by atoms with Crippen molar-refractivity contribution < 1.29 is 14.7 Å². The third kappa shape index (κ3) is 2.24. The van der Waals surface area contributed by atoms with Gasteiger partial charge in [-0.2, -0.15) is 0 Å². The van der Waals surface area contributed by atoms with E-state index in [2.05, 4.69) is 0 Å². The number of halogens is 1. The number of piperazine rings is 1. The largest absolute Gasteiger partial charge is 0.465 e.